The quantitative estimate of drug-likeness (QED) is 0.633. The SMILES string of the molecule is CCN(CC)C1COCC1O. The Hall–Kier alpha value is -0.120. The summed E-state index contributed by atoms with van der Waals surface area (Å²) < 4.78 is 5.16. The van der Waals surface area contributed by atoms with Crippen molar-refractivity contribution in [3.63, 3.8) is 0 Å². The van der Waals surface area contributed by atoms with Crippen molar-refractivity contribution in [3.05, 3.63) is 0 Å². The van der Waals surface area contributed by atoms with Crippen LogP contribution in [-0.2, 0) is 4.74 Å². The van der Waals surface area contributed by atoms with Crippen LogP contribution in [0.5, 0.6) is 0 Å². The minimum Gasteiger partial charge on any atom is -0.389 e. The van der Waals surface area contributed by atoms with E-state index in [1.807, 2.05) is 0 Å². The van der Waals surface area contributed by atoms with Gasteiger partial charge in [0.2, 0.25) is 0 Å². The third-order valence-electron chi connectivity index (χ3n) is 2.30. The lowest BCUT2D eigenvalue weighted by atomic mass is 10.2. The van der Waals surface area contributed by atoms with Crippen LogP contribution in [0.2, 0.25) is 0 Å². The van der Waals surface area contributed by atoms with Crippen LogP contribution in [0.15, 0.2) is 0 Å². The number of rotatable bonds is 3. The average Bonchev–Trinajstić information content (AvgIpc) is 2.40. The van der Waals surface area contributed by atoms with Crippen molar-refractivity contribution in [1.82, 2.24) is 4.90 Å². The molecule has 0 radical (unpaired) electrons. The molecule has 0 saturated carbocycles. The summed E-state index contributed by atoms with van der Waals surface area (Å²) in [6, 6.07) is 0.227. The molecule has 2 atom stereocenters. The number of likely N-dealkylation sites (N-methyl/N-ethyl adjacent to an activating group) is 1. The molecule has 0 amide bonds. The Morgan fingerprint density at radius 1 is 1.36 bits per heavy atom. The third-order valence-corrected chi connectivity index (χ3v) is 2.30. The van der Waals surface area contributed by atoms with Crippen LogP contribution in [0.4, 0.5) is 0 Å². The second-order valence-electron chi connectivity index (χ2n) is 2.89. The molecule has 0 spiro atoms. The molecular formula is C8H17NO2. The molecule has 1 fully saturated rings. The van der Waals surface area contributed by atoms with E-state index in [1.165, 1.54) is 0 Å². The highest BCUT2D eigenvalue weighted by Crippen LogP contribution is 2.12. The first kappa shape index (κ1) is 8.97. The molecule has 3 nitrogen and oxygen atoms in total. The van der Waals surface area contributed by atoms with Crippen LogP contribution in [-0.4, -0.2) is 48.5 Å². The number of aliphatic hydroxyl groups is 1. The van der Waals surface area contributed by atoms with Crippen LogP contribution in [0.3, 0.4) is 0 Å². The number of aliphatic hydroxyl groups excluding tert-OH is 1. The summed E-state index contributed by atoms with van der Waals surface area (Å²) in [6.07, 6.45) is -0.283. The maximum atomic E-state index is 9.45. The van der Waals surface area contributed by atoms with E-state index in [1.54, 1.807) is 0 Å². The van der Waals surface area contributed by atoms with Gasteiger partial charge in [-0.3, -0.25) is 4.90 Å². The molecule has 0 aromatic carbocycles. The number of hydrogen-bond donors (Lipinski definition) is 1. The van der Waals surface area contributed by atoms with E-state index in [0.29, 0.717) is 13.2 Å². The van der Waals surface area contributed by atoms with E-state index in [2.05, 4.69) is 18.7 Å². The Morgan fingerprint density at radius 2 is 2.00 bits per heavy atom. The van der Waals surface area contributed by atoms with Crippen molar-refractivity contribution < 1.29 is 9.84 Å². The highest BCUT2D eigenvalue weighted by Gasteiger charge is 2.29. The zero-order chi connectivity index (χ0) is 8.27. The Kier molecular flexibility index (Phi) is 3.30. The van der Waals surface area contributed by atoms with Crippen molar-refractivity contribution >= 4 is 0 Å². The highest BCUT2D eigenvalue weighted by molar-refractivity contribution is 4.82. The third kappa shape index (κ3) is 1.92. The zero-order valence-corrected chi connectivity index (χ0v) is 7.29. The normalized spacial score (nSPS) is 31.6. The molecule has 1 heterocycles. The minimum atomic E-state index is -0.283. The van der Waals surface area contributed by atoms with Crippen LogP contribution in [0.1, 0.15) is 13.8 Å². The molecule has 0 aliphatic carbocycles. The molecule has 1 rings (SSSR count). The van der Waals surface area contributed by atoms with Gasteiger partial charge in [0.1, 0.15) is 0 Å². The van der Waals surface area contributed by atoms with Gasteiger partial charge in [0.05, 0.1) is 25.4 Å². The molecule has 1 N–H and O–H groups in total. The van der Waals surface area contributed by atoms with Crippen LogP contribution in [0.25, 0.3) is 0 Å². The molecule has 3 heteroatoms. The molecule has 0 aromatic rings. The molecule has 1 saturated heterocycles. The van der Waals surface area contributed by atoms with Gasteiger partial charge in [0, 0.05) is 0 Å². The summed E-state index contributed by atoms with van der Waals surface area (Å²) in [4.78, 5) is 2.23. The smallest absolute Gasteiger partial charge is 0.0950 e. The Balaban J connectivity index is 2.43. The van der Waals surface area contributed by atoms with Gasteiger partial charge < -0.3 is 9.84 Å². The molecule has 2 unspecified atom stereocenters. The zero-order valence-electron chi connectivity index (χ0n) is 7.29. The summed E-state index contributed by atoms with van der Waals surface area (Å²) in [5, 5.41) is 9.45. The van der Waals surface area contributed by atoms with Crippen molar-refractivity contribution in [2.45, 2.75) is 26.0 Å². The van der Waals surface area contributed by atoms with E-state index < -0.39 is 0 Å². The number of ether oxygens (including phenoxy) is 1. The number of hydrogen-bond acceptors (Lipinski definition) is 3. The predicted octanol–water partition coefficient (Wildman–Crippen LogP) is 0.0879. The Labute approximate surface area is 68.0 Å². The van der Waals surface area contributed by atoms with Gasteiger partial charge in [-0.15, -0.1) is 0 Å². The second-order valence-corrected chi connectivity index (χ2v) is 2.89. The second kappa shape index (κ2) is 4.04. The van der Waals surface area contributed by atoms with Crippen molar-refractivity contribution in [2.24, 2.45) is 0 Å². The van der Waals surface area contributed by atoms with Gasteiger partial charge in [-0.1, -0.05) is 13.8 Å². The van der Waals surface area contributed by atoms with Crippen LogP contribution in [0, 0.1) is 0 Å². The van der Waals surface area contributed by atoms with Gasteiger partial charge in [-0.2, -0.15) is 0 Å². The first-order chi connectivity index (χ1) is 5.29. The molecule has 0 aromatic heterocycles. The van der Waals surface area contributed by atoms with Crippen molar-refractivity contribution in [2.75, 3.05) is 26.3 Å². The summed E-state index contributed by atoms with van der Waals surface area (Å²) in [5.74, 6) is 0. The Morgan fingerprint density at radius 3 is 2.36 bits per heavy atom. The highest BCUT2D eigenvalue weighted by atomic mass is 16.5. The maximum absolute atomic E-state index is 9.45. The van der Waals surface area contributed by atoms with Crippen molar-refractivity contribution in [3.8, 4) is 0 Å². The van der Waals surface area contributed by atoms with E-state index >= 15 is 0 Å². The lowest BCUT2D eigenvalue weighted by molar-refractivity contribution is 0.0879. The summed E-state index contributed by atoms with van der Waals surface area (Å²) in [7, 11) is 0. The molecule has 1 aliphatic rings. The first-order valence-electron chi connectivity index (χ1n) is 4.29. The molecule has 66 valence electrons. The topological polar surface area (TPSA) is 32.7 Å². The molecule has 0 bridgehead atoms. The van der Waals surface area contributed by atoms with Gasteiger partial charge in [0.15, 0.2) is 0 Å². The fourth-order valence-electron chi connectivity index (χ4n) is 1.57. The van der Waals surface area contributed by atoms with E-state index in [4.69, 9.17) is 4.74 Å². The number of nitrogens with zero attached hydrogens (tertiary/aromatic N) is 1. The largest absolute Gasteiger partial charge is 0.389 e. The molecule has 1 aliphatic heterocycles. The lowest BCUT2D eigenvalue weighted by Gasteiger charge is -2.26. The van der Waals surface area contributed by atoms with Gasteiger partial charge in [0.25, 0.3) is 0 Å². The minimum absolute atomic E-state index is 0.227. The average molecular weight is 159 g/mol. The summed E-state index contributed by atoms with van der Waals surface area (Å²) in [6.45, 7) is 7.37. The summed E-state index contributed by atoms with van der Waals surface area (Å²) in [5.41, 5.74) is 0. The first-order valence-corrected chi connectivity index (χ1v) is 4.29. The predicted molar refractivity (Wildman–Crippen MR) is 43.5 cm³/mol. The van der Waals surface area contributed by atoms with Gasteiger partial charge in [-0.25, -0.2) is 0 Å². The van der Waals surface area contributed by atoms with E-state index in [0.717, 1.165) is 13.1 Å². The standard InChI is InChI=1S/C8H17NO2/c1-3-9(4-2)7-5-11-6-8(7)10/h7-8,10H,3-6H2,1-2H3. The lowest BCUT2D eigenvalue weighted by Crippen LogP contribution is -2.42. The Bertz CT molecular complexity index is 115. The maximum Gasteiger partial charge on any atom is 0.0950 e. The summed E-state index contributed by atoms with van der Waals surface area (Å²) >= 11 is 0. The van der Waals surface area contributed by atoms with Gasteiger partial charge in [-0.05, 0) is 13.1 Å². The van der Waals surface area contributed by atoms with E-state index in [-0.39, 0.29) is 12.1 Å². The van der Waals surface area contributed by atoms with Gasteiger partial charge >= 0.3 is 0 Å². The molecule has 11 heavy (non-hydrogen) atoms. The fraction of sp³-hybridized carbons (Fsp3) is 1.00. The van der Waals surface area contributed by atoms with Crippen molar-refractivity contribution in [1.29, 1.82) is 0 Å². The van der Waals surface area contributed by atoms with E-state index in [9.17, 15) is 5.11 Å². The van der Waals surface area contributed by atoms with Crippen LogP contribution < -0.4 is 0 Å². The molecular weight excluding hydrogens is 142 g/mol. The van der Waals surface area contributed by atoms with Crippen LogP contribution >= 0.6 is 0 Å². The monoisotopic (exact) mass is 159 g/mol. The fourth-order valence-corrected chi connectivity index (χ4v) is 1.57.